The summed E-state index contributed by atoms with van der Waals surface area (Å²) in [4.78, 5) is 33.1. The van der Waals surface area contributed by atoms with Crippen LogP contribution in [0.4, 0.5) is 13.9 Å². The monoisotopic (exact) mass is 505 g/mol. The van der Waals surface area contributed by atoms with Gasteiger partial charge in [0.25, 0.3) is 5.91 Å². The van der Waals surface area contributed by atoms with Crippen LogP contribution in [-0.4, -0.2) is 34.3 Å². The average Bonchev–Trinajstić information content (AvgIpc) is 3.43. The van der Waals surface area contributed by atoms with Crippen LogP contribution in [0.5, 0.6) is 0 Å². The van der Waals surface area contributed by atoms with Gasteiger partial charge in [-0.25, -0.2) is 13.8 Å². The van der Waals surface area contributed by atoms with Crippen molar-refractivity contribution in [2.45, 2.75) is 32.7 Å². The number of benzene rings is 2. The molecule has 0 spiro atoms. The normalized spacial score (nSPS) is 18.7. The van der Waals surface area contributed by atoms with E-state index in [1.165, 1.54) is 17.4 Å². The van der Waals surface area contributed by atoms with Crippen LogP contribution in [0.2, 0.25) is 0 Å². The number of hydrogen-bond acceptors (Lipinski definition) is 4. The van der Waals surface area contributed by atoms with E-state index in [9.17, 15) is 18.4 Å². The average molecular weight is 506 g/mol. The molecule has 2 atom stereocenters. The highest BCUT2D eigenvalue weighted by molar-refractivity contribution is 7.15. The molecule has 184 valence electrons. The Morgan fingerprint density at radius 3 is 2.72 bits per heavy atom. The largest absolute Gasteiger partial charge is 0.332 e. The molecule has 0 radical (unpaired) electrons. The summed E-state index contributed by atoms with van der Waals surface area (Å²) < 4.78 is 26.6. The third kappa shape index (κ3) is 4.73. The zero-order valence-corrected chi connectivity index (χ0v) is 20.7. The van der Waals surface area contributed by atoms with Crippen LogP contribution < -0.4 is 5.32 Å². The molecule has 2 unspecified atom stereocenters. The quantitative estimate of drug-likeness (QED) is 0.484. The van der Waals surface area contributed by atoms with Crippen molar-refractivity contribution in [2.75, 3.05) is 11.9 Å². The van der Waals surface area contributed by atoms with Crippen LogP contribution in [0.1, 0.15) is 38.5 Å². The lowest BCUT2D eigenvalue weighted by molar-refractivity contribution is -0.115. The summed E-state index contributed by atoms with van der Waals surface area (Å²) in [7, 11) is 0. The summed E-state index contributed by atoms with van der Waals surface area (Å²) >= 11 is 1.37. The lowest BCUT2D eigenvalue weighted by Crippen LogP contribution is -2.37. The molecule has 0 bridgehead atoms. The molecule has 3 aromatic rings. The number of anilines is 1. The van der Waals surface area contributed by atoms with E-state index in [4.69, 9.17) is 0 Å². The summed E-state index contributed by atoms with van der Waals surface area (Å²) in [6.45, 7) is 4.59. The van der Waals surface area contributed by atoms with E-state index >= 15 is 0 Å². The predicted molar refractivity (Wildman–Crippen MR) is 137 cm³/mol. The number of nitrogens with zero attached hydrogens (tertiary/aromatic N) is 2. The maximum Gasteiger partial charge on any atom is 0.254 e. The molecule has 1 aliphatic carbocycles. The van der Waals surface area contributed by atoms with Gasteiger partial charge in [-0.15, -0.1) is 11.3 Å². The number of allylic oxidation sites excluding steroid dienone is 2. The van der Waals surface area contributed by atoms with Gasteiger partial charge in [0.15, 0.2) is 16.8 Å². The zero-order valence-electron chi connectivity index (χ0n) is 19.9. The molecule has 2 amide bonds. The molecule has 5 rings (SSSR count). The molecule has 2 heterocycles. The Labute approximate surface area is 212 Å². The summed E-state index contributed by atoms with van der Waals surface area (Å²) in [5.41, 5.74) is 3.85. The van der Waals surface area contributed by atoms with Gasteiger partial charge in [-0.05, 0) is 55.2 Å². The van der Waals surface area contributed by atoms with Crippen LogP contribution in [0.15, 0.2) is 60.7 Å². The number of amides is 2. The minimum atomic E-state index is -0.979. The van der Waals surface area contributed by atoms with Gasteiger partial charge in [0.2, 0.25) is 5.91 Å². The molecule has 1 aliphatic heterocycles. The highest BCUT2D eigenvalue weighted by Crippen LogP contribution is 2.37. The number of hydrogen-bond donors (Lipinski definition) is 1. The first kappa shape index (κ1) is 24.1. The van der Waals surface area contributed by atoms with Crippen molar-refractivity contribution >= 4 is 33.9 Å². The number of fused-ring (bicyclic) bond motifs is 1. The van der Waals surface area contributed by atoms with E-state index in [0.717, 1.165) is 45.8 Å². The molecule has 1 N–H and O–H groups in total. The number of carbonyl (C=O) groups is 2. The third-order valence-corrected chi connectivity index (χ3v) is 7.56. The van der Waals surface area contributed by atoms with Crippen LogP contribution in [0.3, 0.4) is 0 Å². The molecule has 5 nitrogen and oxygen atoms in total. The van der Waals surface area contributed by atoms with Gasteiger partial charge in [-0.2, -0.15) is 0 Å². The molecule has 36 heavy (non-hydrogen) atoms. The highest BCUT2D eigenvalue weighted by Gasteiger charge is 2.37. The fourth-order valence-corrected chi connectivity index (χ4v) is 5.69. The number of aromatic nitrogens is 1. The lowest BCUT2D eigenvalue weighted by atomic mass is 9.90. The Bertz CT molecular complexity index is 1410. The van der Waals surface area contributed by atoms with E-state index in [1.54, 1.807) is 0 Å². The van der Waals surface area contributed by atoms with Gasteiger partial charge in [-0.1, -0.05) is 42.5 Å². The fraction of sp³-hybridized carbons (Fsp3) is 0.250. The number of nitrogens with one attached hydrogen (secondary N) is 1. The number of halogens is 2. The van der Waals surface area contributed by atoms with Gasteiger partial charge in [0.1, 0.15) is 0 Å². The summed E-state index contributed by atoms with van der Waals surface area (Å²) in [6.07, 6.45) is 7.03. The van der Waals surface area contributed by atoms with Crippen molar-refractivity contribution in [3.8, 4) is 0 Å². The van der Waals surface area contributed by atoms with Crippen LogP contribution in [-0.2, 0) is 11.2 Å². The van der Waals surface area contributed by atoms with E-state index in [-0.39, 0.29) is 30.2 Å². The summed E-state index contributed by atoms with van der Waals surface area (Å²) in [6, 6.07) is 11.1. The van der Waals surface area contributed by atoms with Crippen molar-refractivity contribution in [3.05, 3.63) is 99.6 Å². The summed E-state index contributed by atoms with van der Waals surface area (Å²) in [5.74, 6) is -2.02. The first-order valence-corrected chi connectivity index (χ1v) is 12.6. The third-order valence-electron chi connectivity index (χ3n) is 6.67. The minimum absolute atomic E-state index is 0.00933. The van der Waals surface area contributed by atoms with Crippen molar-refractivity contribution in [1.82, 2.24) is 9.88 Å². The fourth-order valence-electron chi connectivity index (χ4n) is 4.83. The molecule has 1 fully saturated rings. The Balaban J connectivity index is 1.27. The number of aryl methyl sites for hydroxylation is 2. The maximum absolute atomic E-state index is 13.4. The second-order valence-electron chi connectivity index (χ2n) is 9.13. The second kappa shape index (κ2) is 9.78. The standard InChI is InChI=1S/C28H25F2N3O2S/c1-16-5-3-4-6-21(16)27(35)33-12-11-19-15-20(8-10-24(19)33)26-17(2)36-28(32-26)31-25(34)14-18-7-9-22(29)23(30)13-18/h3-10,13,15,19,24H,11-12,14H2,1-2H3,(H,31,32,34). The van der Waals surface area contributed by atoms with Crippen molar-refractivity contribution in [2.24, 2.45) is 5.92 Å². The van der Waals surface area contributed by atoms with Gasteiger partial charge < -0.3 is 10.2 Å². The highest BCUT2D eigenvalue weighted by atomic mass is 32.1. The SMILES string of the molecule is Cc1ccccc1C(=O)N1CCC2C=C(c3nc(NC(=O)Cc4ccc(F)c(F)c4)sc3C)C=CC21. The maximum atomic E-state index is 13.4. The number of likely N-dealkylation sites (tertiary alicyclic amines) is 1. The number of thiazole rings is 1. The van der Waals surface area contributed by atoms with Gasteiger partial charge in [-0.3, -0.25) is 9.59 Å². The first-order chi connectivity index (χ1) is 17.3. The Kier molecular flexibility index (Phi) is 6.53. The molecule has 8 heteroatoms. The predicted octanol–water partition coefficient (Wildman–Crippen LogP) is 5.70. The molecule has 1 saturated heterocycles. The topological polar surface area (TPSA) is 62.3 Å². The molecule has 0 saturated carbocycles. The van der Waals surface area contributed by atoms with Crippen LogP contribution >= 0.6 is 11.3 Å². The van der Waals surface area contributed by atoms with E-state index < -0.39 is 11.6 Å². The molecule has 2 aliphatic rings. The van der Waals surface area contributed by atoms with Crippen molar-refractivity contribution in [3.63, 3.8) is 0 Å². The number of carbonyl (C=O) groups excluding carboxylic acids is 2. The molecule has 2 aromatic carbocycles. The van der Waals surface area contributed by atoms with E-state index in [1.807, 2.05) is 49.1 Å². The van der Waals surface area contributed by atoms with E-state index in [2.05, 4.69) is 22.5 Å². The summed E-state index contributed by atoms with van der Waals surface area (Å²) in [5, 5.41) is 3.22. The Morgan fingerprint density at radius 1 is 1.14 bits per heavy atom. The lowest BCUT2D eigenvalue weighted by Gasteiger charge is -2.27. The Morgan fingerprint density at radius 2 is 1.94 bits per heavy atom. The van der Waals surface area contributed by atoms with Gasteiger partial charge >= 0.3 is 0 Å². The minimum Gasteiger partial charge on any atom is -0.332 e. The zero-order chi connectivity index (χ0) is 25.4. The molecular formula is C28H25F2N3O2S. The second-order valence-corrected chi connectivity index (χ2v) is 10.3. The number of rotatable bonds is 5. The van der Waals surface area contributed by atoms with Crippen molar-refractivity contribution < 1.29 is 18.4 Å². The van der Waals surface area contributed by atoms with Crippen molar-refractivity contribution in [1.29, 1.82) is 0 Å². The van der Waals surface area contributed by atoms with Gasteiger partial charge in [0.05, 0.1) is 18.2 Å². The van der Waals surface area contributed by atoms with Gasteiger partial charge in [0, 0.05) is 22.9 Å². The first-order valence-electron chi connectivity index (χ1n) is 11.8. The van der Waals surface area contributed by atoms with Crippen LogP contribution in [0.25, 0.3) is 5.57 Å². The smallest absolute Gasteiger partial charge is 0.254 e. The van der Waals surface area contributed by atoms with E-state index in [0.29, 0.717) is 17.2 Å². The molecular weight excluding hydrogens is 480 g/mol. The van der Waals surface area contributed by atoms with Crippen LogP contribution in [0, 0.1) is 31.4 Å². The molecule has 1 aromatic heterocycles. The Hall–Kier alpha value is -3.65.